The van der Waals surface area contributed by atoms with Crippen LogP contribution in [0.4, 0.5) is 11.6 Å². The van der Waals surface area contributed by atoms with Crippen molar-refractivity contribution >= 4 is 83.7 Å². The van der Waals surface area contributed by atoms with Crippen LogP contribution >= 0.6 is 0 Å². The maximum atomic E-state index is 14.6. The molecule has 11 nitrogen and oxygen atoms in total. The molecule has 4 aliphatic heterocycles. The van der Waals surface area contributed by atoms with Gasteiger partial charge in [-0.25, -0.2) is 0 Å². The number of benzene rings is 5. The molecule has 0 radical (unpaired) electrons. The predicted molar refractivity (Wildman–Crippen MR) is 201 cm³/mol. The van der Waals surface area contributed by atoms with Crippen LogP contribution in [0.25, 0.3) is 21.5 Å². The fourth-order valence-corrected chi connectivity index (χ4v) is 15.4. The Labute approximate surface area is 302 Å². The molecule has 5 aromatic carbocycles. The van der Waals surface area contributed by atoms with Crippen LogP contribution in [-0.2, 0) is 13.1 Å². The van der Waals surface area contributed by atoms with Crippen molar-refractivity contribution < 1.29 is 11.4 Å². The number of fused-ring (bicyclic) bond motifs is 14. The zero-order valence-corrected chi connectivity index (χ0v) is 30.6. The average molecular weight is 753 g/mol. The molecule has 246 valence electrons. The van der Waals surface area contributed by atoms with Gasteiger partial charge in [-0.1, -0.05) is 0 Å². The minimum absolute atomic E-state index is 0.0488. The van der Waals surface area contributed by atoms with Gasteiger partial charge in [0, 0.05) is 0 Å². The number of amidine groups is 4. The van der Waals surface area contributed by atoms with Crippen LogP contribution in [0, 0.1) is 6.92 Å². The van der Waals surface area contributed by atoms with Crippen LogP contribution in [0.15, 0.2) is 156 Å². The van der Waals surface area contributed by atoms with Crippen LogP contribution < -0.4 is 11.0 Å². The molecule has 0 spiro atoms. The number of hydrogen-bond donors (Lipinski definition) is 0. The van der Waals surface area contributed by atoms with Crippen LogP contribution in [0.2, 0.25) is 0 Å². The second-order valence-electron chi connectivity index (χ2n) is 12.9. The van der Waals surface area contributed by atoms with Crippen molar-refractivity contribution in [3.05, 3.63) is 160 Å². The van der Waals surface area contributed by atoms with E-state index in [9.17, 15) is 8.42 Å². The summed E-state index contributed by atoms with van der Waals surface area (Å²) in [5.74, 6) is 2.84. The Morgan fingerprint density at radius 1 is 0.481 bits per heavy atom. The van der Waals surface area contributed by atoms with E-state index in [1.165, 1.54) is 0 Å². The Balaban J connectivity index is 1.38. The molecule has 52 heavy (non-hydrogen) atoms. The molecule has 6 heterocycles. The Morgan fingerprint density at radius 3 is 1.35 bits per heavy atom. The van der Waals surface area contributed by atoms with E-state index in [1.54, 1.807) is 24.3 Å². The number of rotatable bonds is 3. The maximum absolute atomic E-state index is 14.6. The normalized spacial score (nSPS) is 15.2. The molecule has 7 aromatic rings. The van der Waals surface area contributed by atoms with Gasteiger partial charge in [-0.05, 0) is 0 Å². The number of aromatic nitrogens is 2. The van der Waals surface area contributed by atoms with Crippen molar-refractivity contribution in [3.8, 4) is 0 Å². The first-order valence-corrected chi connectivity index (χ1v) is 21.2. The average Bonchev–Trinajstić information content (AvgIpc) is 3.87. The van der Waals surface area contributed by atoms with Gasteiger partial charge in [0.15, 0.2) is 0 Å². The van der Waals surface area contributed by atoms with Gasteiger partial charge in [0.1, 0.15) is 0 Å². The van der Waals surface area contributed by atoms with Crippen LogP contribution in [0.3, 0.4) is 0 Å². The number of aryl methyl sites for hydroxylation is 1. The number of aliphatic imine (C=N–C) groups is 4. The summed E-state index contributed by atoms with van der Waals surface area (Å²) in [6.45, 7) is 1.91. The van der Waals surface area contributed by atoms with Crippen molar-refractivity contribution in [2.24, 2.45) is 30.0 Å². The summed E-state index contributed by atoms with van der Waals surface area (Å²) in [6.07, 6.45) is 0. The van der Waals surface area contributed by atoms with Crippen LogP contribution in [-0.4, -0.2) is 55.4 Å². The van der Waals surface area contributed by atoms with Gasteiger partial charge in [0.25, 0.3) is 0 Å². The van der Waals surface area contributed by atoms with Crippen molar-refractivity contribution in [1.29, 1.82) is 0 Å². The quantitative estimate of drug-likeness (QED) is 0.217. The molecular formula is C39H23GaN8O3S. The van der Waals surface area contributed by atoms with E-state index in [1.807, 2.05) is 111 Å². The van der Waals surface area contributed by atoms with E-state index in [-0.39, 0.29) is 4.90 Å². The molecule has 0 saturated heterocycles. The Bertz CT molecular complexity index is 2970. The topological polar surface area (TPSA) is 127 Å². The van der Waals surface area contributed by atoms with Gasteiger partial charge in [0.2, 0.25) is 0 Å². The van der Waals surface area contributed by atoms with E-state index >= 15 is 0 Å². The van der Waals surface area contributed by atoms with Gasteiger partial charge >= 0.3 is 304 Å². The van der Waals surface area contributed by atoms with E-state index in [2.05, 4.69) is 0 Å². The first-order chi connectivity index (χ1) is 25.4. The first kappa shape index (κ1) is 29.7. The fourth-order valence-electron chi connectivity index (χ4n) is 7.35. The molecule has 0 atom stereocenters. The Hall–Kier alpha value is -5.99. The van der Waals surface area contributed by atoms with Crippen molar-refractivity contribution in [2.45, 2.75) is 11.8 Å². The molecular weight excluding hydrogens is 730 g/mol. The molecule has 0 aliphatic carbocycles. The van der Waals surface area contributed by atoms with Crippen LogP contribution in [0.5, 0.6) is 0 Å². The second kappa shape index (κ2) is 10.8. The molecule has 0 amide bonds. The zero-order valence-electron chi connectivity index (χ0n) is 27.3. The molecule has 0 fully saturated rings. The van der Waals surface area contributed by atoms with Crippen molar-refractivity contribution in [1.82, 2.24) is 6.55 Å². The SMILES string of the molecule is Cc1ccc(S(=O)(=O)[O][Ga]2[n]3c4c5ccccc5c3N=C3N=C(N=c5c6ccccc6c([n]52)=NC2=NC(=N4)c4ccccc42)c2ccccc23)cc1. The minimum atomic E-state index is -4.37. The van der Waals surface area contributed by atoms with Crippen LogP contribution in [0.1, 0.15) is 27.8 Å². The summed E-state index contributed by atoms with van der Waals surface area (Å²) >= 11 is -4.37. The summed E-state index contributed by atoms with van der Waals surface area (Å²) in [7, 11) is -4.35. The van der Waals surface area contributed by atoms with Gasteiger partial charge in [0.05, 0.1) is 0 Å². The third kappa shape index (κ3) is 4.21. The third-order valence-corrected chi connectivity index (χ3v) is 17.6. The van der Waals surface area contributed by atoms with Gasteiger partial charge in [-0.15, -0.1) is 0 Å². The first-order valence-electron chi connectivity index (χ1n) is 16.7. The third-order valence-electron chi connectivity index (χ3n) is 9.78. The molecule has 13 heteroatoms. The number of nitrogens with zero attached hydrogens (tertiary/aromatic N) is 8. The summed E-state index contributed by atoms with van der Waals surface area (Å²) in [5, 5.41) is 3.08. The number of hydrogen-bond acceptors (Lipinski definition) is 9. The summed E-state index contributed by atoms with van der Waals surface area (Å²) in [5.41, 5.74) is 5.18. The summed E-state index contributed by atoms with van der Waals surface area (Å²) < 4.78 is 39.6. The van der Waals surface area contributed by atoms with E-state index in [4.69, 9.17) is 32.9 Å². The molecule has 0 unspecified atom stereocenters. The van der Waals surface area contributed by atoms with Crippen molar-refractivity contribution in [2.75, 3.05) is 0 Å². The Kier molecular flexibility index (Phi) is 6.15. The van der Waals surface area contributed by atoms with Crippen molar-refractivity contribution in [3.63, 3.8) is 0 Å². The Morgan fingerprint density at radius 2 is 0.885 bits per heavy atom. The summed E-state index contributed by atoms with van der Waals surface area (Å²) in [4.78, 5) is 31.1. The standard InChI is InChI=1S/C32H16N8.C7H8O3S.Ga/c1-2-10-18-17(9-1)25-33-26(18)38-28-21-13-5-6-14-22(21)30(35-28)40-32-24-16-8-7-15-23(24)31(36-32)39-29-20-12-4-3-11-19(20)27(34-29)37-25;1-6-2-4-7(5-3-6)11(8,9)10;/h1-16H;2-5H,1H3,(H,8,9,10);/q-2;;+3/p-1. The predicted octanol–water partition coefficient (Wildman–Crippen LogP) is 5.63. The zero-order chi connectivity index (χ0) is 34.7. The van der Waals surface area contributed by atoms with Gasteiger partial charge in [-0.3, -0.25) is 0 Å². The molecule has 11 rings (SSSR count). The van der Waals surface area contributed by atoms with E-state index in [0.29, 0.717) is 46.0 Å². The van der Waals surface area contributed by atoms with E-state index < -0.39 is 27.2 Å². The second-order valence-corrected chi connectivity index (χ2v) is 19.2. The monoisotopic (exact) mass is 752 g/mol. The molecule has 0 N–H and O–H groups in total. The molecule has 2 aromatic heterocycles. The summed E-state index contributed by atoms with van der Waals surface area (Å²) in [6, 6.07) is 38.0. The van der Waals surface area contributed by atoms with Gasteiger partial charge < -0.3 is 0 Å². The van der Waals surface area contributed by atoms with Gasteiger partial charge in [-0.2, -0.15) is 0 Å². The fraction of sp³-hybridized carbons (Fsp3) is 0.0256. The van der Waals surface area contributed by atoms with E-state index in [0.717, 1.165) is 49.4 Å². The molecule has 6 bridgehead atoms. The molecule has 0 saturated carbocycles. The molecule has 4 aliphatic rings.